The van der Waals surface area contributed by atoms with Crippen LogP contribution >= 0.6 is 11.6 Å². The molecule has 0 atom stereocenters. The Hall–Kier alpha value is -1.03. The second-order valence-corrected chi connectivity index (χ2v) is 4.34. The Morgan fingerprint density at radius 3 is 2.87 bits per heavy atom. The van der Waals surface area contributed by atoms with Gasteiger partial charge >= 0.3 is 0 Å². The van der Waals surface area contributed by atoms with Gasteiger partial charge in [-0.15, -0.1) is 11.6 Å². The normalized spacial score (nSPS) is 11.4. The molecule has 0 unspecified atom stereocenters. The van der Waals surface area contributed by atoms with E-state index in [0.717, 1.165) is 6.54 Å². The minimum atomic E-state index is -0.503. The van der Waals surface area contributed by atoms with Gasteiger partial charge in [-0.1, -0.05) is 0 Å². The SMILES string of the molecule is CC(C)(CCl)C(=O)NCCn1ccnc1. The van der Waals surface area contributed by atoms with E-state index in [2.05, 4.69) is 10.3 Å². The van der Waals surface area contributed by atoms with Crippen molar-refractivity contribution in [3.05, 3.63) is 18.7 Å². The highest BCUT2D eigenvalue weighted by Gasteiger charge is 2.25. The van der Waals surface area contributed by atoms with E-state index in [0.29, 0.717) is 12.4 Å². The van der Waals surface area contributed by atoms with Crippen molar-refractivity contribution < 1.29 is 4.79 Å². The third-order valence-corrected chi connectivity index (χ3v) is 2.83. The van der Waals surface area contributed by atoms with E-state index < -0.39 is 5.41 Å². The van der Waals surface area contributed by atoms with Crippen LogP contribution in [0.5, 0.6) is 0 Å². The zero-order chi connectivity index (χ0) is 11.3. The molecule has 1 heterocycles. The van der Waals surface area contributed by atoms with E-state index >= 15 is 0 Å². The molecule has 5 heteroatoms. The zero-order valence-electron chi connectivity index (χ0n) is 9.03. The van der Waals surface area contributed by atoms with Gasteiger partial charge in [0.25, 0.3) is 0 Å². The Labute approximate surface area is 94.6 Å². The monoisotopic (exact) mass is 229 g/mol. The third-order valence-electron chi connectivity index (χ3n) is 2.16. The van der Waals surface area contributed by atoms with Gasteiger partial charge in [-0.25, -0.2) is 4.98 Å². The summed E-state index contributed by atoms with van der Waals surface area (Å²) in [5, 5.41) is 2.84. The molecule has 1 rings (SSSR count). The van der Waals surface area contributed by atoms with E-state index in [4.69, 9.17) is 11.6 Å². The number of hydrogen-bond acceptors (Lipinski definition) is 2. The summed E-state index contributed by atoms with van der Waals surface area (Å²) in [6.45, 7) is 4.97. The van der Waals surface area contributed by atoms with Crippen molar-refractivity contribution in [2.24, 2.45) is 5.41 Å². The Bertz CT molecular complexity index is 308. The number of alkyl halides is 1. The Kier molecular flexibility index (Phi) is 4.15. The summed E-state index contributed by atoms with van der Waals surface area (Å²) < 4.78 is 1.91. The molecule has 0 aliphatic heterocycles. The molecule has 1 aromatic heterocycles. The highest BCUT2D eigenvalue weighted by Crippen LogP contribution is 2.16. The van der Waals surface area contributed by atoms with Gasteiger partial charge in [0.2, 0.25) is 5.91 Å². The largest absolute Gasteiger partial charge is 0.354 e. The van der Waals surface area contributed by atoms with Crippen LogP contribution in [0.25, 0.3) is 0 Å². The van der Waals surface area contributed by atoms with Crippen LogP contribution in [0.2, 0.25) is 0 Å². The van der Waals surface area contributed by atoms with Gasteiger partial charge < -0.3 is 9.88 Å². The number of nitrogens with one attached hydrogen (secondary N) is 1. The van der Waals surface area contributed by atoms with Crippen LogP contribution < -0.4 is 5.32 Å². The first kappa shape index (κ1) is 12.0. The van der Waals surface area contributed by atoms with E-state index in [1.807, 2.05) is 24.6 Å². The lowest BCUT2D eigenvalue weighted by Crippen LogP contribution is -2.39. The van der Waals surface area contributed by atoms with Crippen molar-refractivity contribution in [3.8, 4) is 0 Å². The van der Waals surface area contributed by atoms with Gasteiger partial charge in [0.1, 0.15) is 0 Å². The molecule has 4 nitrogen and oxygen atoms in total. The lowest BCUT2D eigenvalue weighted by molar-refractivity contribution is -0.128. The van der Waals surface area contributed by atoms with E-state index in [1.54, 1.807) is 12.5 Å². The topological polar surface area (TPSA) is 46.9 Å². The first-order valence-electron chi connectivity index (χ1n) is 4.86. The Morgan fingerprint density at radius 2 is 2.33 bits per heavy atom. The van der Waals surface area contributed by atoms with Crippen molar-refractivity contribution in [1.29, 1.82) is 0 Å². The molecule has 0 aliphatic carbocycles. The smallest absolute Gasteiger partial charge is 0.226 e. The molecule has 84 valence electrons. The van der Waals surface area contributed by atoms with Gasteiger partial charge in [-0.2, -0.15) is 0 Å². The fourth-order valence-electron chi connectivity index (χ4n) is 1.02. The lowest BCUT2D eigenvalue weighted by atomic mass is 9.95. The number of halogens is 1. The Balaban J connectivity index is 2.29. The van der Waals surface area contributed by atoms with E-state index in [9.17, 15) is 4.79 Å². The number of carbonyl (C=O) groups excluding carboxylic acids is 1. The average molecular weight is 230 g/mol. The van der Waals surface area contributed by atoms with Crippen LogP contribution in [0.15, 0.2) is 18.7 Å². The minimum absolute atomic E-state index is 0.0161. The van der Waals surface area contributed by atoms with Crippen LogP contribution in [0.4, 0.5) is 0 Å². The molecule has 0 aliphatic rings. The fraction of sp³-hybridized carbons (Fsp3) is 0.600. The lowest BCUT2D eigenvalue weighted by Gasteiger charge is -2.20. The maximum atomic E-state index is 11.6. The summed E-state index contributed by atoms with van der Waals surface area (Å²) in [5.41, 5.74) is -0.503. The molecule has 1 aromatic rings. The zero-order valence-corrected chi connectivity index (χ0v) is 9.79. The molecular weight excluding hydrogens is 214 g/mol. The van der Waals surface area contributed by atoms with Gasteiger partial charge in [0.15, 0.2) is 0 Å². The van der Waals surface area contributed by atoms with Crippen molar-refractivity contribution in [3.63, 3.8) is 0 Å². The first-order valence-corrected chi connectivity index (χ1v) is 5.40. The second-order valence-electron chi connectivity index (χ2n) is 4.07. The van der Waals surface area contributed by atoms with Crippen molar-refractivity contribution in [2.75, 3.05) is 12.4 Å². The van der Waals surface area contributed by atoms with Crippen LogP contribution in [-0.4, -0.2) is 27.9 Å². The molecule has 0 fully saturated rings. The van der Waals surface area contributed by atoms with Crippen LogP contribution in [0, 0.1) is 5.41 Å². The number of amides is 1. The predicted molar refractivity (Wildman–Crippen MR) is 59.7 cm³/mol. The van der Waals surface area contributed by atoms with Gasteiger partial charge in [-0.05, 0) is 13.8 Å². The molecule has 1 amide bonds. The van der Waals surface area contributed by atoms with Gasteiger partial charge in [-0.3, -0.25) is 4.79 Å². The Morgan fingerprint density at radius 1 is 1.60 bits per heavy atom. The highest BCUT2D eigenvalue weighted by atomic mass is 35.5. The molecule has 1 N–H and O–H groups in total. The fourth-order valence-corrected chi connectivity index (χ4v) is 1.14. The van der Waals surface area contributed by atoms with Gasteiger partial charge in [0, 0.05) is 31.4 Å². The number of nitrogens with zero attached hydrogens (tertiary/aromatic N) is 2. The maximum absolute atomic E-state index is 11.6. The maximum Gasteiger partial charge on any atom is 0.226 e. The highest BCUT2D eigenvalue weighted by molar-refractivity contribution is 6.19. The standard InChI is InChI=1S/C10H16ClN3O/c1-10(2,7-11)9(15)13-4-6-14-5-3-12-8-14/h3,5,8H,4,6-7H2,1-2H3,(H,13,15). The minimum Gasteiger partial charge on any atom is -0.354 e. The van der Waals surface area contributed by atoms with Crippen molar-refractivity contribution >= 4 is 17.5 Å². The molecule has 0 saturated heterocycles. The number of hydrogen-bond donors (Lipinski definition) is 1. The summed E-state index contributed by atoms with van der Waals surface area (Å²) in [5.74, 6) is 0.307. The number of imidazole rings is 1. The van der Waals surface area contributed by atoms with Gasteiger partial charge in [0.05, 0.1) is 11.7 Å². The average Bonchev–Trinajstić information content (AvgIpc) is 2.70. The summed E-state index contributed by atoms with van der Waals surface area (Å²) in [7, 11) is 0. The number of aromatic nitrogens is 2. The van der Waals surface area contributed by atoms with Crippen molar-refractivity contribution in [1.82, 2.24) is 14.9 Å². The van der Waals surface area contributed by atoms with Crippen LogP contribution in [-0.2, 0) is 11.3 Å². The summed E-state index contributed by atoms with van der Waals surface area (Å²) in [6.07, 6.45) is 5.29. The second kappa shape index (κ2) is 5.16. The van der Waals surface area contributed by atoms with Crippen LogP contribution in [0.3, 0.4) is 0 Å². The molecular formula is C10H16ClN3O. The van der Waals surface area contributed by atoms with Crippen molar-refractivity contribution in [2.45, 2.75) is 20.4 Å². The molecule has 0 saturated carbocycles. The summed E-state index contributed by atoms with van der Waals surface area (Å²) in [6, 6.07) is 0. The van der Waals surface area contributed by atoms with E-state index in [1.165, 1.54) is 0 Å². The van der Waals surface area contributed by atoms with Crippen LogP contribution in [0.1, 0.15) is 13.8 Å². The molecule has 15 heavy (non-hydrogen) atoms. The predicted octanol–water partition coefficient (Wildman–Crippen LogP) is 1.26. The number of rotatable bonds is 5. The summed E-state index contributed by atoms with van der Waals surface area (Å²) >= 11 is 5.69. The number of carbonyl (C=O) groups is 1. The summed E-state index contributed by atoms with van der Waals surface area (Å²) in [4.78, 5) is 15.5. The quantitative estimate of drug-likeness (QED) is 0.773. The molecule has 0 bridgehead atoms. The van der Waals surface area contributed by atoms with E-state index in [-0.39, 0.29) is 5.91 Å². The third kappa shape index (κ3) is 3.55. The molecule has 0 spiro atoms. The molecule has 0 aromatic carbocycles. The first-order chi connectivity index (χ1) is 7.06. The molecule has 0 radical (unpaired) electrons.